The van der Waals surface area contributed by atoms with Gasteiger partial charge < -0.3 is 9.84 Å². The minimum absolute atomic E-state index is 0.0628. The van der Waals surface area contributed by atoms with Crippen molar-refractivity contribution in [3.05, 3.63) is 63.8 Å². The third-order valence-electron chi connectivity index (χ3n) is 6.67. The molecule has 1 N–H and O–H groups in total. The van der Waals surface area contributed by atoms with Gasteiger partial charge in [-0.05, 0) is 13.0 Å². The molecule has 3 atom stereocenters. The number of ether oxygens (including phenoxy) is 1. The van der Waals surface area contributed by atoms with Gasteiger partial charge in [-0.15, -0.1) is 0 Å². The van der Waals surface area contributed by atoms with Crippen molar-refractivity contribution in [2.24, 2.45) is 16.8 Å². The second-order valence-corrected chi connectivity index (χ2v) is 9.26. The van der Waals surface area contributed by atoms with Gasteiger partial charge >= 0.3 is 12.1 Å². The molecule has 2 aromatic rings. The number of fused-ring (bicyclic) bond motifs is 2. The quantitative estimate of drug-likeness (QED) is 0.434. The number of halogens is 4. The zero-order chi connectivity index (χ0) is 28.4. The lowest BCUT2D eigenvalue weighted by Gasteiger charge is -2.29. The third-order valence-corrected chi connectivity index (χ3v) is 6.95. The number of ketones is 1. The fourth-order valence-corrected chi connectivity index (χ4v) is 5.24. The number of imide groups is 1. The van der Waals surface area contributed by atoms with Gasteiger partial charge in [0, 0.05) is 24.4 Å². The van der Waals surface area contributed by atoms with E-state index in [-0.39, 0.29) is 34.8 Å². The fraction of sp³-hybridized carbons (Fsp3) is 0.280. The summed E-state index contributed by atoms with van der Waals surface area (Å²) in [6.45, 7) is 1.47. The van der Waals surface area contributed by atoms with Crippen molar-refractivity contribution in [1.82, 2.24) is 9.99 Å². The maximum absolute atomic E-state index is 13.7. The summed E-state index contributed by atoms with van der Waals surface area (Å²) in [5.74, 6) is -7.19. The highest BCUT2D eigenvalue weighted by Gasteiger charge is 2.62. The molecule has 2 aliphatic heterocycles. The molecule has 3 heterocycles. The van der Waals surface area contributed by atoms with E-state index in [4.69, 9.17) is 16.3 Å². The lowest BCUT2D eigenvalue weighted by atomic mass is 9.85. The number of nitrogens with zero attached hydrogens (tertiary/aromatic N) is 4. The number of aliphatic imine (C=N–C) groups is 1. The second-order valence-electron chi connectivity index (χ2n) is 8.85. The number of aromatic nitrogens is 1. The Morgan fingerprint density at radius 2 is 1.85 bits per heavy atom. The number of hydrogen-bond acceptors (Lipinski definition) is 9. The van der Waals surface area contributed by atoms with Crippen molar-refractivity contribution < 1.29 is 42.2 Å². The smallest absolute Gasteiger partial charge is 0.417 e. The molecule has 5 rings (SSSR count). The standard InChI is InChI=1S/C25H18ClF3N4O6/c1-3-39-24(38)18-15-14(17(31-18)16-19(34)11-6-4-5-7-12(11)20(16)35)22(36)33(23(15)37)32(2)21-13(26)8-10(9-30-21)25(27,28)29/h4-9,14-15,18,34H,3H2,1-2H3/t14-,15+,18-/m0/s1. The van der Waals surface area contributed by atoms with Crippen molar-refractivity contribution in [3.8, 4) is 0 Å². The molecule has 14 heteroatoms. The van der Waals surface area contributed by atoms with Crippen LogP contribution in [0, 0.1) is 11.8 Å². The number of Topliss-reactive ketones (excluding diaryl/α,β-unsaturated/α-hetero) is 1. The van der Waals surface area contributed by atoms with E-state index >= 15 is 0 Å². The first-order valence-corrected chi connectivity index (χ1v) is 11.9. The second kappa shape index (κ2) is 9.19. The summed E-state index contributed by atoms with van der Waals surface area (Å²) >= 11 is 6.03. The number of pyridine rings is 1. The molecule has 1 aromatic carbocycles. The number of hydrogen-bond donors (Lipinski definition) is 1. The largest absolute Gasteiger partial charge is 0.506 e. The van der Waals surface area contributed by atoms with Crippen LogP contribution < -0.4 is 5.01 Å². The van der Waals surface area contributed by atoms with E-state index < -0.39 is 64.0 Å². The van der Waals surface area contributed by atoms with Gasteiger partial charge in [-0.3, -0.25) is 24.4 Å². The Morgan fingerprint density at radius 3 is 2.44 bits per heavy atom. The van der Waals surface area contributed by atoms with Crippen LogP contribution in [0.5, 0.6) is 0 Å². The monoisotopic (exact) mass is 562 g/mol. The molecular formula is C25H18ClF3N4O6. The maximum atomic E-state index is 13.7. The van der Waals surface area contributed by atoms with Crippen LogP contribution in [0.25, 0.3) is 5.76 Å². The lowest BCUT2D eigenvalue weighted by Crippen LogP contribution is -2.47. The van der Waals surface area contributed by atoms with Gasteiger partial charge in [-0.25, -0.2) is 9.78 Å². The molecule has 0 spiro atoms. The molecule has 1 fully saturated rings. The van der Waals surface area contributed by atoms with E-state index in [0.717, 1.165) is 5.01 Å². The molecule has 39 heavy (non-hydrogen) atoms. The average molecular weight is 563 g/mol. The van der Waals surface area contributed by atoms with Crippen LogP contribution in [-0.4, -0.2) is 64.1 Å². The normalized spacial score (nSPS) is 22.3. The van der Waals surface area contributed by atoms with Gasteiger partial charge in [0.15, 0.2) is 17.6 Å². The Kier molecular flexibility index (Phi) is 6.21. The molecule has 2 amide bonds. The highest BCUT2D eigenvalue weighted by Crippen LogP contribution is 2.44. The summed E-state index contributed by atoms with van der Waals surface area (Å²) < 4.78 is 44.3. The minimum Gasteiger partial charge on any atom is -0.506 e. The number of rotatable bonds is 5. The Hall–Kier alpha value is -4.26. The fourth-order valence-electron chi connectivity index (χ4n) is 4.96. The van der Waals surface area contributed by atoms with Crippen LogP contribution in [0.4, 0.5) is 19.0 Å². The number of carbonyl (C=O) groups excluding carboxylic acids is 4. The predicted octanol–water partition coefficient (Wildman–Crippen LogP) is 3.26. The lowest BCUT2D eigenvalue weighted by molar-refractivity contribution is -0.149. The molecule has 0 saturated carbocycles. The number of alkyl halides is 3. The van der Waals surface area contributed by atoms with E-state index in [1.54, 1.807) is 12.1 Å². The number of aliphatic hydroxyl groups excluding tert-OH is 1. The number of allylic oxidation sites excluding steroid dienone is 1. The molecule has 1 aliphatic carbocycles. The number of amides is 2. The first kappa shape index (κ1) is 26.4. The minimum atomic E-state index is -4.73. The highest BCUT2D eigenvalue weighted by atomic mass is 35.5. The van der Waals surface area contributed by atoms with Crippen LogP contribution in [0.2, 0.25) is 5.02 Å². The molecule has 1 saturated heterocycles. The van der Waals surface area contributed by atoms with Gasteiger partial charge in [-0.2, -0.15) is 18.2 Å². The van der Waals surface area contributed by atoms with Gasteiger partial charge in [0.25, 0.3) is 11.8 Å². The Bertz CT molecular complexity index is 1520. The average Bonchev–Trinajstić information content (AvgIpc) is 3.47. The van der Waals surface area contributed by atoms with Crippen molar-refractivity contribution in [2.75, 3.05) is 18.7 Å². The summed E-state index contributed by atoms with van der Waals surface area (Å²) in [5.41, 5.74) is -1.39. The van der Waals surface area contributed by atoms with E-state index in [2.05, 4.69) is 9.98 Å². The molecule has 0 unspecified atom stereocenters. The highest BCUT2D eigenvalue weighted by molar-refractivity contribution is 6.40. The number of benzene rings is 1. The molecule has 10 nitrogen and oxygen atoms in total. The number of aliphatic hydroxyl groups is 1. The van der Waals surface area contributed by atoms with Crippen molar-refractivity contribution >= 4 is 52.5 Å². The van der Waals surface area contributed by atoms with E-state index in [9.17, 15) is 37.5 Å². The van der Waals surface area contributed by atoms with Crippen LogP contribution in [0.3, 0.4) is 0 Å². The first-order valence-electron chi connectivity index (χ1n) is 11.5. The zero-order valence-corrected chi connectivity index (χ0v) is 20.9. The molecule has 202 valence electrons. The van der Waals surface area contributed by atoms with Crippen LogP contribution >= 0.6 is 11.6 Å². The van der Waals surface area contributed by atoms with Gasteiger partial charge in [-0.1, -0.05) is 35.9 Å². The molecule has 3 aliphatic rings. The Morgan fingerprint density at radius 1 is 1.18 bits per heavy atom. The van der Waals surface area contributed by atoms with Crippen molar-refractivity contribution in [1.29, 1.82) is 0 Å². The summed E-state index contributed by atoms with van der Waals surface area (Å²) in [7, 11) is 1.18. The van der Waals surface area contributed by atoms with Crippen LogP contribution in [-0.2, 0) is 25.3 Å². The summed E-state index contributed by atoms with van der Waals surface area (Å²) in [4.78, 5) is 61.2. The van der Waals surface area contributed by atoms with Gasteiger partial charge in [0.2, 0.25) is 0 Å². The topological polar surface area (TPSA) is 129 Å². The Balaban J connectivity index is 1.57. The number of hydrazine groups is 1. The van der Waals surface area contributed by atoms with E-state index in [1.807, 2.05) is 0 Å². The van der Waals surface area contributed by atoms with Gasteiger partial charge in [0.05, 0.1) is 40.3 Å². The number of carbonyl (C=O) groups is 4. The molecule has 1 aromatic heterocycles. The SMILES string of the molecule is CCOC(=O)[C@H]1N=C(C2=C(O)c3ccccc3C2=O)[C@H]2C(=O)N(N(C)c3ncc(C(F)(F)F)cc3Cl)C(=O)[C@H]21. The van der Waals surface area contributed by atoms with Crippen LogP contribution in [0.1, 0.15) is 28.4 Å². The van der Waals surface area contributed by atoms with Gasteiger partial charge in [0.1, 0.15) is 5.76 Å². The zero-order valence-electron chi connectivity index (χ0n) is 20.2. The summed E-state index contributed by atoms with van der Waals surface area (Å²) in [6.07, 6.45) is -4.24. The van der Waals surface area contributed by atoms with E-state index in [0.29, 0.717) is 17.3 Å². The number of anilines is 1. The Labute approximate surface area is 223 Å². The van der Waals surface area contributed by atoms with Crippen LogP contribution in [0.15, 0.2) is 47.1 Å². The molecular weight excluding hydrogens is 545 g/mol. The van der Waals surface area contributed by atoms with Crippen molar-refractivity contribution in [3.63, 3.8) is 0 Å². The predicted molar refractivity (Wildman–Crippen MR) is 130 cm³/mol. The molecule has 0 bridgehead atoms. The summed E-state index contributed by atoms with van der Waals surface area (Å²) in [6, 6.07) is 5.20. The van der Waals surface area contributed by atoms with E-state index in [1.165, 1.54) is 26.1 Å². The third kappa shape index (κ3) is 3.95. The first-order chi connectivity index (χ1) is 18.4. The molecule has 0 radical (unpaired) electrons. The van der Waals surface area contributed by atoms with Crippen molar-refractivity contribution in [2.45, 2.75) is 19.1 Å². The summed E-state index contributed by atoms with van der Waals surface area (Å²) in [5, 5.41) is 11.8. The number of esters is 1. The maximum Gasteiger partial charge on any atom is 0.417 e.